The highest BCUT2D eigenvalue weighted by Crippen LogP contribution is 2.46. The molecule has 0 spiro atoms. The number of carbonyl (C=O) groups excluding carboxylic acids is 3. The largest absolute Gasteiger partial charge is 0.462 e. The van der Waals surface area contributed by atoms with Gasteiger partial charge in [-0.2, -0.15) is 0 Å². The zero-order chi connectivity index (χ0) is 19.6. The number of benzene rings is 1. The molecule has 1 N–H and O–H groups in total. The van der Waals surface area contributed by atoms with Crippen molar-refractivity contribution < 1.29 is 19.1 Å². The second-order valence-electron chi connectivity index (χ2n) is 6.40. The molecular formula is C20H20BrNO4S. The summed E-state index contributed by atoms with van der Waals surface area (Å²) in [6.45, 7) is 3.33. The van der Waals surface area contributed by atoms with Crippen molar-refractivity contribution in [3.05, 3.63) is 51.9 Å². The molecule has 0 saturated heterocycles. The van der Waals surface area contributed by atoms with Gasteiger partial charge in [-0.3, -0.25) is 9.59 Å². The maximum Gasteiger partial charge on any atom is 0.341 e. The Hall–Kier alpha value is -1.99. The summed E-state index contributed by atoms with van der Waals surface area (Å²) in [7, 11) is 0. The van der Waals surface area contributed by atoms with Gasteiger partial charge < -0.3 is 10.1 Å². The molecule has 3 rings (SSSR count). The second-order valence-corrected chi connectivity index (χ2v) is 8.53. The summed E-state index contributed by atoms with van der Waals surface area (Å²) in [5, 5.41) is 3.09. The van der Waals surface area contributed by atoms with Crippen LogP contribution in [0, 0.1) is 0 Å². The Labute approximate surface area is 170 Å². The first kappa shape index (κ1) is 19.8. The summed E-state index contributed by atoms with van der Waals surface area (Å²) in [4.78, 5) is 37.3. The number of fused-ring (bicyclic) bond motifs is 1. The molecular weight excluding hydrogens is 430 g/mol. The van der Waals surface area contributed by atoms with Crippen LogP contribution in [0.4, 0.5) is 5.00 Å². The molecule has 1 aliphatic rings. The Morgan fingerprint density at radius 2 is 2.00 bits per heavy atom. The maximum atomic E-state index is 12.7. The van der Waals surface area contributed by atoms with Gasteiger partial charge in [0.25, 0.3) is 0 Å². The molecule has 7 heteroatoms. The Bertz CT molecular complexity index is 878. The summed E-state index contributed by atoms with van der Waals surface area (Å²) < 4.78 is 5.23. The first-order valence-corrected chi connectivity index (χ1v) is 10.5. The fourth-order valence-corrected chi connectivity index (χ4v) is 5.52. The summed E-state index contributed by atoms with van der Waals surface area (Å²) in [5.74, 6) is -0.872. The van der Waals surface area contributed by atoms with E-state index in [2.05, 4.69) is 21.2 Å². The number of nitrogens with one attached hydrogen (secondary N) is 1. The predicted molar refractivity (Wildman–Crippen MR) is 109 cm³/mol. The number of carbonyl (C=O) groups is 3. The molecule has 1 aromatic carbocycles. The normalized spacial score (nSPS) is 18.7. The Morgan fingerprint density at radius 1 is 1.30 bits per heavy atom. The number of alkyl halides is 1. The van der Waals surface area contributed by atoms with Crippen LogP contribution in [0.5, 0.6) is 0 Å². The fourth-order valence-electron chi connectivity index (χ4n) is 3.37. The quantitative estimate of drug-likeness (QED) is 0.536. The number of esters is 1. The molecule has 1 heterocycles. The van der Waals surface area contributed by atoms with Crippen molar-refractivity contribution in [2.24, 2.45) is 0 Å². The molecule has 5 nitrogen and oxygen atoms in total. The Balaban J connectivity index is 2.12. The highest BCUT2D eigenvalue weighted by Gasteiger charge is 2.39. The predicted octanol–water partition coefficient (Wildman–Crippen LogP) is 4.56. The molecule has 142 valence electrons. The number of Topliss-reactive ketones (excluding diaryl/α,β-unsaturated/α-hetero) is 1. The summed E-state index contributed by atoms with van der Waals surface area (Å²) in [6, 6.07) is 9.96. The van der Waals surface area contributed by atoms with Crippen molar-refractivity contribution in [3.63, 3.8) is 0 Å². The number of amides is 1. The van der Waals surface area contributed by atoms with Crippen LogP contribution in [-0.2, 0) is 16.0 Å². The Kier molecular flexibility index (Phi) is 6.11. The van der Waals surface area contributed by atoms with E-state index >= 15 is 0 Å². The minimum atomic E-state index is -0.502. The van der Waals surface area contributed by atoms with E-state index in [0.717, 1.165) is 16.9 Å². The van der Waals surface area contributed by atoms with Crippen LogP contribution >= 0.6 is 27.3 Å². The number of ketones is 1. The molecule has 1 amide bonds. The third-order valence-corrected chi connectivity index (χ3v) is 6.37. The van der Waals surface area contributed by atoms with Crippen molar-refractivity contribution in [2.75, 3.05) is 11.9 Å². The fraction of sp³-hybridized carbons (Fsp3) is 0.350. The van der Waals surface area contributed by atoms with Gasteiger partial charge in [0.15, 0.2) is 5.78 Å². The monoisotopic (exact) mass is 449 g/mol. The average Bonchev–Trinajstić information content (AvgIpc) is 2.99. The van der Waals surface area contributed by atoms with E-state index in [-0.39, 0.29) is 29.0 Å². The van der Waals surface area contributed by atoms with Crippen LogP contribution in [0.3, 0.4) is 0 Å². The topological polar surface area (TPSA) is 72.5 Å². The van der Waals surface area contributed by atoms with E-state index in [1.165, 1.54) is 6.92 Å². The van der Waals surface area contributed by atoms with Crippen LogP contribution in [0.15, 0.2) is 30.3 Å². The van der Waals surface area contributed by atoms with Gasteiger partial charge in [0, 0.05) is 6.92 Å². The molecule has 0 aliphatic heterocycles. The zero-order valence-corrected chi connectivity index (χ0v) is 17.5. The lowest BCUT2D eigenvalue weighted by Gasteiger charge is -2.26. The first-order valence-electron chi connectivity index (χ1n) is 8.76. The average molecular weight is 450 g/mol. The molecule has 0 radical (unpaired) electrons. The number of thiophene rings is 1. The SMILES string of the molecule is CCOC(=O)c1c(NC(C)=O)sc2c1C(Cc1ccccc1)CC(Br)C2=O. The molecule has 1 aromatic heterocycles. The molecule has 0 bridgehead atoms. The van der Waals surface area contributed by atoms with Crippen LogP contribution in [0.1, 0.15) is 57.3 Å². The highest BCUT2D eigenvalue weighted by molar-refractivity contribution is 9.10. The summed E-state index contributed by atoms with van der Waals surface area (Å²) in [5.41, 5.74) is 2.15. The maximum absolute atomic E-state index is 12.7. The van der Waals surface area contributed by atoms with E-state index in [4.69, 9.17) is 4.74 Å². The Morgan fingerprint density at radius 3 is 2.63 bits per heavy atom. The zero-order valence-electron chi connectivity index (χ0n) is 15.1. The van der Waals surface area contributed by atoms with Crippen molar-refractivity contribution in [1.29, 1.82) is 0 Å². The molecule has 2 unspecified atom stereocenters. The molecule has 2 aromatic rings. The first-order chi connectivity index (χ1) is 12.9. The molecule has 27 heavy (non-hydrogen) atoms. The third kappa shape index (κ3) is 4.14. The third-order valence-electron chi connectivity index (χ3n) is 4.45. The highest BCUT2D eigenvalue weighted by atomic mass is 79.9. The molecule has 0 saturated carbocycles. The number of halogens is 1. The molecule has 1 aliphatic carbocycles. The van der Waals surface area contributed by atoms with Crippen LogP contribution in [0.2, 0.25) is 0 Å². The van der Waals surface area contributed by atoms with E-state index in [9.17, 15) is 14.4 Å². The van der Waals surface area contributed by atoms with Crippen molar-refractivity contribution >= 4 is 49.9 Å². The van der Waals surface area contributed by atoms with E-state index < -0.39 is 5.97 Å². The second kappa shape index (κ2) is 8.35. The van der Waals surface area contributed by atoms with Crippen LogP contribution in [-0.4, -0.2) is 29.1 Å². The molecule has 0 fully saturated rings. The van der Waals surface area contributed by atoms with E-state index in [1.807, 2.05) is 30.3 Å². The molecule has 2 atom stereocenters. The van der Waals surface area contributed by atoms with Crippen molar-refractivity contribution in [1.82, 2.24) is 0 Å². The van der Waals surface area contributed by atoms with Crippen LogP contribution < -0.4 is 5.32 Å². The van der Waals surface area contributed by atoms with Crippen molar-refractivity contribution in [3.8, 4) is 0 Å². The number of ether oxygens (including phenoxy) is 1. The van der Waals surface area contributed by atoms with Gasteiger partial charge in [-0.15, -0.1) is 11.3 Å². The van der Waals surface area contributed by atoms with E-state index in [1.54, 1.807) is 6.92 Å². The van der Waals surface area contributed by atoms with Gasteiger partial charge >= 0.3 is 5.97 Å². The van der Waals surface area contributed by atoms with Crippen LogP contribution in [0.25, 0.3) is 0 Å². The van der Waals surface area contributed by atoms with E-state index in [0.29, 0.717) is 33.8 Å². The smallest absolute Gasteiger partial charge is 0.341 e. The number of hydrogen-bond acceptors (Lipinski definition) is 5. The van der Waals surface area contributed by atoms with Crippen molar-refractivity contribution in [2.45, 2.75) is 37.4 Å². The number of anilines is 1. The number of hydrogen-bond donors (Lipinski definition) is 1. The van der Waals surface area contributed by atoms with Gasteiger partial charge in [0.1, 0.15) is 5.00 Å². The summed E-state index contributed by atoms with van der Waals surface area (Å²) >= 11 is 4.64. The van der Waals surface area contributed by atoms with Gasteiger partial charge in [0.2, 0.25) is 5.91 Å². The van der Waals surface area contributed by atoms with Gasteiger partial charge in [-0.05, 0) is 36.8 Å². The van der Waals surface area contributed by atoms with Gasteiger partial charge in [-0.1, -0.05) is 46.3 Å². The standard InChI is InChI=1S/C20H20BrNO4S/c1-3-26-20(25)16-15-13(9-12-7-5-4-6-8-12)10-14(21)17(24)18(15)27-19(16)22-11(2)23/h4-8,13-14H,3,9-10H2,1-2H3,(H,22,23). The lowest BCUT2D eigenvalue weighted by Crippen LogP contribution is -2.27. The minimum absolute atomic E-state index is 0.0253. The summed E-state index contributed by atoms with van der Waals surface area (Å²) in [6.07, 6.45) is 1.29. The lowest BCUT2D eigenvalue weighted by atomic mass is 9.80. The minimum Gasteiger partial charge on any atom is -0.462 e. The van der Waals surface area contributed by atoms with Gasteiger partial charge in [-0.25, -0.2) is 4.79 Å². The number of rotatable bonds is 5. The van der Waals surface area contributed by atoms with Gasteiger partial charge in [0.05, 0.1) is 21.9 Å². The lowest BCUT2D eigenvalue weighted by molar-refractivity contribution is -0.114.